The molecule has 0 amide bonds. The highest BCUT2D eigenvalue weighted by atomic mass is 16.3. The van der Waals surface area contributed by atoms with Gasteiger partial charge in [-0.2, -0.15) is 5.10 Å². The van der Waals surface area contributed by atoms with Crippen LogP contribution in [0.4, 0.5) is 0 Å². The van der Waals surface area contributed by atoms with E-state index in [4.69, 9.17) is 0 Å². The molecule has 4 heteroatoms. The van der Waals surface area contributed by atoms with Gasteiger partial charge in [0.15, 0.2) is 0 Å². The third-order valence-corrected chi connectivity index (χ3v) is 3.42. The van der Waals surface area contributed by atoms with Crippen LogP contribution in [-0.4, -0.2) is 22.1 Å². The highest BCUT2D eigenvalue weighted by Gasteiger charge is 2.06. The minimum Gasteiger partial charge on any atom is -0.508 e. The third kappa shape index (κ3) is 3.87. The lowest BCUT2D eigenvalue weighted by Gasteiger charge is -2.05. The van der Waals surface area contributed by atoms with E-state index in [0.29, 0.717) is 5.71 Å². The fraction of sp³-hybridized carbons (Fsp3) is 0. The maximum atomic E-state index is 9.48. The van der Waals surface area contributed by atoms with E-state index in [-0.39, 0.29) is 11.5 Å². The quantitative estimate of drug-likeness (QED) is 0.565. The molecule has 0 aromatic heterocycles. The van der Waals surface area contributed by atoms with Gasteiger partial charge in [-0.05, 0) is 42.0 Å². The molecule has 3 aromatic rings. The highest BCUT2D eigenvalue weighted by molar-refractivity contribution is 6.13. The Bertz CT molecular complexity index is 870. The van der Waals surface area contributed by atoms with Crippen molar-refractivity contribution in [2.24, 2.45) is 10.2 Å². The Kier molecular flexibility index (Phi) is 4.68. The van der Waals surface area contributed by atoms with Gasteiger partial charge in [0, 0.05) is 11.1 Å². The lowest BCUT2D eigenvalue weighted by Crippen LogP contribution is -2.02. The zero-order valence-electron chi connectivity index (χ0n) is 12.9. The topological polar surface area (TPSA) is 65.2 Å². The molecule has 0 saturated heterocycles. The number of hydrogen-bond acceptors (Lipinski definition) is 4. The molecule has 24 heavy (non-hydrogen) atoms. The molecule has 0 aliphatic heterocycles. The standard InChI is InChI=1S/C20H16N2O2/c23-18-11-9-17(10-12-18)20(16-6-2-1-3-7-16)22-21-14-15-5-4-8-19(24)13-15/h1-14,23-24H/b21-14+,22-20-. The molecular weight excluding hydrogens is 300 g/mol. The predicted octanol–water partition coefficient (Wildman–Crippen LogP) is 3.97. The van der Waals surface area contributed by atoms with Gasteiger partial charge in [-0.15, -0.1) is 5.10 Å². The first-order valence-corrected chi connectivity index (χ1v) is 7.47. The molecule has 0 atom stereocenters. The molecule has 0 aliphatic carbocycles. The van der Waals surface area contributed by atoms with Gasteiger partial charge in [0.2, 0.25) is 0 Å². The van der Waals surface area contributed by atoms with E-state index in [1.165, 1.54) is 0 Å². The summed E-state index contributed by atoms with van der Waals surface area (Å²) in [6, 6.07) is 23.3. The van der Waals surface area contributed by atoms with Crippen molar-refractivity contribution in [3.63, 3.8) is 0 Å². The summed E-state index contributed by atoms with van der Waals surface area (Å²) < 4.78 is 0. The summed E-state index contributed by atoms with van der Waals surface area (Å²) in [7, 11) is 0. The number of hydrogen-bond donors (Lipinski definition) is 2. The maximum absolute atomic E-state index is 9.48. The summed E-state index contributed by atoms with van der Waals surface area (Å²) in [4.78, 5) is 0. The van der Waals surface area contributed by atoms with Crippen LogP contribution in [0.2, 0.25) is 0 Å². The van der Waals surface area contributed by atoms with E-state index in [1.54, 1.807) is 48.7 Å². The van der Waals surface area contributed by atoms with E-state index in [2.05, 4.69) is 10.2 Å². The fourth-order valence-electron chi connectivity index (χ4n) is 2.26. The summed E-state index contributed by atoms with van der Waals surface area (Å²) in [5.41, 5.74) is 3.24. The van der Waals surface area contributed by atoms with Gasteiger partial charge >= 0.3 is 0 Å². The van der Waals surface area contributed by atoms with Crippen LogP contribution in [0.15, 0.2) is 89.1 Å². The molecule has 2 N–H and O–H groups in total. The second-order valence-electron chi connectivity index (χ2n) is 5.20. The first-order chi connectivity index (χ1) is 11.7. The zero-order valence-corrected chi connectivity index (χ0v) is 12.9. The Balaban J connectivity index is 1.96. The highest BCUT2D eigenvalue weighted by Crippen LogP contribution is 2.15. The summed E-state index contributed by atoms with van der Waals surface area (Å²) >= 11 is 0. The smallest absolute Gasteiger partial charge is 0.116 e. The average Bonchev–Trinajstić information content (AvgIpc) is 2.61. The van der Waals surface area contributed by atoms with Crippen molar-refractivity contribution in [2.75, 3.05) is 0 Å². The Morgan fingerprint density at radius 3 is 2.12 bits per heavy atom. The predicted molar refractivity (Wildman–Crippen MR) is 95.9 cm³/mol. The molecule has 0 unspecified atom stereocenters. The molecule has 4 nitrogen and oxygen atoms in total. The molecule has 0 fully saturated rings. The van der Waals surface area contributed by atoms with Gasteiger partial charge in [0.1, 0.15) is 17.2 Å². The number of aromatic hydroxyl groups is 2. The fourth-order valence-corrected chi connectivity index (χ4v) is 2.26. The maximum Gasteiger partial charge on any atom is 0.116 e. The van der Waals surface area contributed by atoms with Crippen LogP contribution in [0.3, 0.4) is 0 Å². The second-order valence-corrected chi connectivity index (χ2v) is 5.20. The van der Waals surface area contributed by atoms with Crippen LogP contribution < -0.4 is 0 Å². The van der Waals surface area contributed by atoms with Gasteiger partial charge in [-0.1, -0.05) is 42.5 Å². The first-order valence-electron chi connectivity index (χ1n) is 7.47. The average molecular weight is 316 g/mol. The van der Waals surface area contributed by atoms with Crippen LogP contribution in [0, 0.1) is 0 Å². The summed E-state index contributed by atoms with van der Waals surface area (Å²) in [5.74, 6) is 0.388. The van der Waals surface area contributed by atoms with Crippen molar-refractivity contribution in [1.82, 2.24) is 0 Å². The minimum atomic E-state index is 0.185. The van der Waals surface area contributed by atoms with E-state index in [9.17, 15) is 10.2 Å². The molecule has 0 spiro atoms. The van der Waals surface area contributed by atoms with E-state index in [1.807, 2.05) is 36.4 Å². The van der Waals surface area contributed by atoms with Crippen LogP contribution in [0.5, 0.6) is 11.5 Å². The number of benzene rings is 3. The van der Waals surface area contributed by atoms with Crippen molar-refractivity contribution >= 4 is 11.9 Å². The summed E-state index contributed by atoms with van der Waals surface area (Å²) in [6.07, 6.45) is 1.59. The lowest BCUT2D eigenvalue weighted by molar-refractivity contribution is 0.474. The van der Waals surface area contributed by atoms with Crippen molar-refractivity contribution in [3.05, 3.63) is 95.6 Å². The lowest BCUT2D eigenvalue weighted by atomic mass is 10.0. The molecular formula is C20H16N2O2. The number of phenols is 2. The number of phenolic OH excluding ortho intramolecular Hbond substituents is 2. The molecule has 0 bridgehead atoms. The Morgan fingerprint density at radius 2 is 1.42 bits per heavy atom. The normalized spacial score (nSPS) is 11.8. The Hall–Kier alpha value is -3.40. The SMILES string of the molecule is Oc1ccc(/C(=N\N=C\c2cccc(O)c2)c2ccccc2)cc1. The molecule has 3 rings (SSSR count). The van der Waals surface area contributed by atoms with Crippen LogP contribution in [0.25, 0.3) is 0 Å². The van der Waals surface area contributed by atoms with Crippen LogP contribution in [-0.2, 0) is 0 Å². The van der Waals surface area contributed by atoms with Gasteiger partial charge < -0.3 is 10.2 Å². The second kappa shape index (κ2) is 7.24. The van der Waals surface area contributed by atoms with Crippen LogP contribution >= 0.6 is 0 Å². The number of rotatable bonds is 4. The van der Waals surface area contributed by atoms with Crippen molar-refractivity contribution in [3.8, 4) is 11.5 Å². The van der Waals surface area contributed by atoms with Crippen molar-refractivity contribution in [2.45, 2.75) is 0 Å². The van der Waals surface area contributed by atoms with Gasteiger partial charge in [0.05, 0.1) is 6.21 Å². The van der Waals surface area contributed by atoms with Gasteiger partial charge in [0.25, 0.3) is 0 Å². The van der Waals surface area contributed by atoms with E-state index in [0.717, 1.165) is 16.7 Å². The van der Waals surface area contributed by atoms with Crippen molar-refractivity contribution < 1.29 is 10.2 Å². The Labute approximate surface area is 140 Å². The van der Waals surface area contributed by atoms with Gasteiger partial charge in [-0.3, -0.25) is 0 Å². The monoisotopic (exact) mass is 316 g/mol. The molecule has 0 radical (unpaired) electrons. The first kappa shape index (κ1) is 15.5. The molecule has 0 heterocycles. The third-order valence-electron chi connectivity index (χ3n) is 3.42. The molecule has 0 aliphatic rings. The van der Waals surface area contributed by atoms with E-state index >= 15 is 0 Å². The van der Waals surface area contributed by atoms with Crippen molar-refractivity contribution in [1.29, 1.82) is 0 Å². The minimum absolute atomic E-state index is 0.185. The number of nitrogens with zero attached hydrogens (tertiary/aromatic N) is 2. The molecule has 0 saturated carbocycles. The Morgan fingerprint density at radius 1 is 0.708 bits per heavy atom. The van der Waals surface area contributed by atoms with Gasteiger partial charge in [-0.25, -0.2) is 0 Å². The summed E-state index contributed by atoms with van der Waals surface area (Å²) in [6.45, 7) is 0. The summed E-state index contributed by atoms with van der Waals surface area (Å²) in [5, 5.41) is 27.4. The zero-order chi connectivity index (χ0) is 16.8. The molecule has 3 aromatic carbocycles. The van der Waals surface area contributed by atoms with E-state index < -0.39 is 0 Å². The van der Waals surface area contributed by atoms with Crippen LogP contribution in [0.1, 0.15) is 16.7 Å². The molecule has 118 valence electrons. The largest absolute Gasteiger partial charge is 0.508 e.